The van der Waals surface area contributed by atoms with E-state index in [1.165, 1.54) is 42.1 Å². The van der Waals surface area contributed by atoms with Crippen LogP contribution in [0.5, 0.6) is 0 Å². The van der Waals surface area contributed by atoms with Crippen LogP contribution in [0, 0.1) is 5.92 Å². The Morgan fingerprint density at radius 1 is 1.14 bits per heavy atom. The smallest absolute Gasteiger partial charge is 0.0470 e. The normalized spacial score (nSPS) is 17.1. The summed E-state index contributed by atoms with van der Waals surface area (Å²) < 4.78 is 0. The van der Waals surface area contributed by atoms with Crippen molar-refractivity contribution in [3.05, 3.63) is 48.0 Å². The molecular formula is C19H26N2. The second kappa shape index (κ2) is 6.59. The van der Waals surface area contributed by atoms with Gasteiger partial charge in [-0.2, -0.15) is 0 Å². The van der Waals surface area contributed by atoms with Crippen LogP contribution in [0.1, 0.15) is 37.8 Å². The highest BCUT2D eigenvalue weighted by Gasteiger charge is 2.24. The van der Waals surface area contributed by atoms with E-state index in [-0.39, 0.29) is 0 Å². The fourth-order valence-corrected chi connectivity index (χ4v) is 3.39. The van der Waals surface area contributed by atoms with Crippen molar-refractivity contribution in [1.29, 1.82) is 0 Å². The Morgan fingerprint density at radius 2 is 1.90 bits per heavy atom. The lowest BCUT2D eigenvalue weighted by Crippen LogP contribution is -2.38. The van der Waals surface area contributed by atoms with Crippen LogP contribution < -0.4 is 5.73 Å². The van der Waals surface area contributed by atoms with Gasteiger partial charge in [-0.05, 0) is 47.7 Å². The van der Waals surface area contributed by atoms with Crippen molar-refractivity contribution in [2.75, 3.05) is 19.6 Å². The molecule has 0 aliphatic heterocycles. The highest BCUT2D eigenvalue weighted by Crippen LogP contribution is 2.31. The van der Waals surface area contributed by atoms with Gasteiger partial charge in [0.15, 0.2) is 0 Å². The molecule has 0 spiro atoms. The molecule has 1 fully saturated rings. The molecule has 2 heteroatoms. The first-order valence-electron chi connectivity index (χ1n) is 8.24. The first-order valence-corrected chi connectivity index (χ1v) is 8.24. The molecule has 0 radical (unpaired) electrons. The average Bonchev–Trinajstić information content (AvgIpc) is 2.49. The Labute approximate surface area is 127 Å². The summed E-state index contributed by atoms with van der Waals surface area (Å²) in [7, 11) is 0. The molecule has 0 heterocycles. The fourth-order valence-electron chi connectivity index (χ4n) is 3.39. The lowest BCUT2D eigenvalue weighted by atomic mass is 9.84. The summed E-state index contributed by atoms with van der Waals surface area (Å²) >= 11 is 0. The standard InChI is InChI=1S/C19H26N2/c1-2-21(14-15-6-5-7-15)19(13-20)18-11-10-16-8-3-4-9-17(16)12-18/h3-4,8-12,15,19H,2,5-7,13-14,20H2,1H3. The molecule has 1 aliphatic carbocycles. The van der Waals surface area contributed by atoms with Crippen molar-refractivity contribution >= 4 is 10.8 Å². The van der Waals surface area contributed by atoms with Gasteiger partial charge in [0, 0.05) is 19.1 Å². The van der Waals surface area contributed by atoms with E-state index in [0.717, 1.165) is 12.5 Å². The van der Waals surface area contributed by atoms with E-state index in [9.17, 15) is 0 Å². The third-order valence-electron chi connectivity index (χ3n) is 4.95. The number of fused-ring (bicyclic) bond motifs is 1. The number of hydrogen-bond acceptors (Lipinski definition) is 2. The Balaban J connectivity index is 1.84. The SMILES string of the molecule is CCN(CC1CCC1)C(CN)c1ccc2ccccc2c1. The number of nitrogens with zero attached hydrogens (tertiary/aromatic N) is 1. The second-order valence-corrected chi connectivity index (χ2v) is 6.24. The lowest BCUT2D eigenvalue weighted by Gasteiger charge is -2.36. The van der Waals surface area contributed by atoms with Crippen LogP contribution in [-0.4, -0.2) is 24.5 Å². The maximum absolute atomic E-state index is 6.12. The lowest BCUT2D eigenvalue weighted by molar-refractivity contribution is 0.141. The number of likely N-dealkylation sites (N-methyl/N-ethyl adjacent to an activating group) is 1. The molecule has 2 nitrogen and oxygen atoms in total. The maximum Gasteiger partial charge on any atom is 0.0470 e. The highest BCUT2D eigenvalue weighted by molar-refractivity contribution is 5.83. The molecule has 0 aromatic heterocycles. The summed E-state index contributed by atoms with van der Waals surface area (Å²) in [5, 5.41) is 2.62. The molecule has 3 rings (SSSR count). The van der Waals surface area contributed by atoms with Gasteiger partial charge in [0.25, 0.3) is 0 Å². The van der Waals surface area contributed by atoms with Crippen molar-refractivity contribution in [1.82, 2.24) is 4.90 Å². The van der Waals surface area contributed by atoms with Crippen LogP contribution in [0.3, 0.4) is 0 Å². The molecule has 0 saturated heterocycles. The van der Waals surface area contributed by atoms with Crippen LogP contribution >= 0.6 is 0 Å². The van der Waals surface area contributed by atoms with E-state index in [0.29, 0.717) is 12.6 Å². The van der Waals surface area contributed by atoms with Crippen molar-refractivity contribution in [2.45, 2.75) is 32.2 Å². The molecule has 1 saturated carbocycles. The summed E-state index contributed by atoms with van der Waals surface area (Å²) in [4.78, 5) is 2.56. The van der Waals surface area contributed by atoms with Crippen LogP contribution in [0.25, 0.3) is 10.8 Å². The topological polar surface area (TPSA) is 29.3 Å². The van der Waals surface area contributed by atoms with Crippen molar-refractivity contribution < 1.29 is 0 Å². The number of nitrogens with two attached hydrogens (primary N) is 1. The van der Waals surface area contributed by atoms with Crippen molar-refractivity contribution in [3.8, 4) is 0 Å². The summed E-state index contributed by atoms with van der Waals surface area (Å²) in [6, 6.07) is 15.7. The van der Waals surface area contributed by atoms with Gasteiger partial charge >= 0.3 is 0 Å². The summed E-state index contributed by atoms with van der Waals surface area (Å²) in [5.41, 5.74) is 7.48. The first kappa shape index (κ1) is 14.6. The second-order valence-electron chi connectivity index (χ2n) is 6.24. The van der Waals surface area contributed by atoms with Crippen molar-refractivity contribution in [2.24, 2.45) is 11.7 Å². The minimum atomic E-state index is 0.347. The minimum absolute atomic E-state index is 0.347. The van der Waals surface area contributed by atoms with Gasteiger partial charge in [0.2, 0.25) is 0 Å². The highest BCUT2D eigenvalue weighted by atomic mass is 15.2. The van der Waals surface area contributed by atoms with Crippen LogP contribution in [-0.2, 0) is 0 Å². The molecule has 2 aromatic carbocycles. The monoisotopic (exact) mass is 282 g/mol. The number of hydrogen-bond donors (Lipinski definition) is 1. The molecule has 1 atom stereocenters. The molecule has 1 aliphatic rings. The van der Waals surface area contributed by atoms with E-state index >= 15 is 0 Å². The Morgan fingerprint density at radius 3 is 2.52 bits per heavy atom. The Kier molecular flexibility index (Phi) is 4.57. The third-order valence-corrected chi connectivity index (χ3v) is 4.95. The predicted octanol–water partition coefficient (Wildman–Crippen LogP) is 3.96. The molecule has 1 unspecified atom stereocenters. The zero-order valence-electron chi connectivity index (χ0n) is 13.0. The molecule has 0 bridgehead atoms. The first-order chi connectivity index (χ1) is 10.3. The van der Waals surface area contributed by atoms with Crippen LogP contribution in [0.4, 0.5) is 0 Å². The van der Waals surface area contributed by atoms with Gasteiger partial charge < -0.3 is 5.73 Å². The summed E-state index contributed by atoms with van der Waals surface area (Å²) in [5.74, 6) is 0.888. The van der Waals surface area contributed by atoms with E-state index in [1.807, 2.05) is 0 Å². The van der Waals surface area contributed by atoms with Gasteiger partial charge in [0.1, 0.15) is 0 Å². The largest absolute Gasteiger partial charge is 0.329 e. The fraction of sp³-hybridized carbons (Fsp3) is 0.474. The summed E-state index contributed by atoms with van der Waals surface area (Å²) in [6.45, 7) is 5.22. The van der Waals surface area contributed by atoms with Gasteiger partial charge in [-0.3, -0.25) is 4.90 Å². The van der Waals surface area contributed by atoms with Crippen LogP contribution in [0.15, 0.2) is 42.5 Å². The van der Waals surface area contributed by atoms with E-state index < -0.39 is 0 Å². The van der Waals surface area contributed by atoms with E-state index in [2.05, 4.69) is 54.3 Å². The molecule has 21 heavy (non-hydrogen) atoms. The zero-order valence-corrected chi connectivity index (χ0v) is 13.0. The van der Waals surface area contributed by atoms with Crippen molar-refractivity contribution in [3.63, 3.8) is 0 Å². The molecule has 0 amide bonds. The minimum Gasteiger partial charge on any atom is -0.329 e. The predicted molar refractivity (Wildman–Crippen MR) is 90.3 cm³/mol. The molecule has 2 aromatic rings. The van der Waals surface area contributed by atoms with E-state index in [4.69, 9.17) is 5.73 Å². The maximum atomic E-state index is 6.12. The Hall–Kier alpha value is -1.38. The number of rotatable bonds is 6. The molecule has 112 valence electrons. The van der Waals surface area contributed by atoms with Gasteiger partial charge in [-0.25, -0.2) is 0 Å². The quantitative estimate of drug-likeness (QED) is 0.869. The summed E-state index contributed by atoms with van der Waals surface area (Å²) in [6.07, 6.45) is 4.20. The zero-order chi connectivity index (χ0) is 14.7. The third kappa shape index (κ3) is 3.12. The average molecular weight is 282 g/mol. The Bertz CT molecular complexity index is 589. The molecule has 2 N–H and O–H groups in total. The van der Waals surface area contributed by atoms with Gasteiger partial charge in [-0.1, -0.05) is 49.7 Å². The van der Waals surface area contributed by atoms with Gasteiger partial charge in [0.05, 0.1) is 0 Å². The van der Waals surface area contributed by atoms with E-state index in [1.54, 1.807) is 0 Å². The molecular weight excluding hydrogens is 256 g/mol. The van der Waals surface area contributed by atoms with Crippen LogP contribution in [0.2, 0.25) is 0 Å². The van der Waals surface area contributed by atoms with Gasteiger partial charge in [-0.15, -0.1) is 0 Å². The number of benzene rings is 2.